The van der Waals surface area contributed by atoms with Crippen LogP contribution in [-0.2, 0) is 11.2 Å². The Kier molecular flexibility index (Phi) is 5.07. The molecule has 2 aromatic carbocycles. The first-order chi connectivity index (χ1) is 9.97. The van der Waals surface area contributed by atoms with Crippen LogP contribution < -0.4 is 0 Å². The van der Waals surface area contributed by atoms with E-state index in [1.54, 1.807) is 0 Å². The fourth-order valence-electron chi connectivity index (χ4n) is 2.32. The van der Waals surface area contributed by atoms with Crippen LogP contribution in [0.25, 0.3) is 0 Å². The van der Waals surface area contributed by atoms with Crippen LogP contribution in [-0.4, -0.2) is 16.3 Å². The minimum Gasteiger partial charge on any atom is -0.480 e. The molecular formula is C18H20O2S. The van der Waals surface area contributed by atoms with Gasteiger partial charge in [-0.25, -0.2) is 0 Å². The van der Waals surface area contributed by atoms with Crippen LogP contribution in [0.2, 0.25) is 0 Å². The number of benzene rings is 2. The first kappa shape index (κ1) is 15.6. The summed E-state index contributed by atoms with van der Waals surface area (Å²) in [5.41, 5.74) is 4.64. The van der Waals surface area contributed by atoms with Gasteiger partial charge in [0.1, 0.15) is 5.25 Å². The summed E-state index contributed by atoms with van der Waals surface area (Å²) in [7, 11) is 0. The quantitative estimate of drug-likeness (QED) is 0.832. The Labute approximate surface area is 130 Å². The number of aliphatic carboxylic acids is 1. The zero-order valence-electron chi connectivity index (χ0n) is 12.6. The maximum atomic E-state index is 11.6. The molecule has 0 aliphatic carbocycles. The predicted octanol–water partition coefficient (Wildman–Crippen LogP) is 4.40. The summed E-state index contributed by atoms with van der Waals surface area (Å²) < 4.78 is 0. The van der Waals surface area contributed by atoms with Crippen LogP contribution in [0.5, 0.6) is 0 Å². The van der Waals surface area contributed by atoms with E-state index in [-0.39, 0.29) is 0 Å². The fraction of sp³-hybridized carbons (Fsp3) is 0.278. The van der Waals surface area contributed by atoms with E-state index in [9.17, 15) is 9.90 Å². The number of thioether (sulfide) groups is 1. The molecular weight excluding hydrogens is 280 g/mol. The number of carboxylic acid groups (broad SMARTS) is 1. The summed E-state index contributed by atoms with van der Waals surface area (Å²) in [5, 5.41) is 9.05. The van der Waals surface area contributed by atoms with Gasteiger partial charge in [0.25, 0.3) is 0 Å². The van der Waals surface area contributed by atoms with Crippen LogP contribution in [0.15, 0.2) is 47.4 Å². The van der Waals surface area contributed by atoms with Crippen LogP contribution in [0.3, 0.4) is 0 Å². The molecule has 0 fully saturated rings. The van der Waals surface area contributed by atoms with Crippen LogP contribution in [0.4, 0.5) is 0 Å². The van der Waals surface area contributed by atoms with E-state index in [0.29, 0.717) is 6.42 Å². The zero-order valence-corrected chi connectivity index (χ0v) is 13.4. The number of rotatable bonds is 5. The molecule has 0 aliphatic rings. The van der Waals surface area contributed by atoms with Crippen molar-refractivity contribution in [3.05, 3.63) is 64.7 Å². The summed E-state index contributed by atoms with van der Waals surface area (Å²) in [6.45, 7) is 6.11. The number of carbonyl (C=O) groups is 1. The van der Waals surface area contributed by atoms with Crippen molar-refractivity contribution in [3.8, 4) is 0 Å². The van der Waals surface area contributed by atoms with E-state index < -0.39 is 11.2 Å². The molecule has 0 spiro atoms. The molecule has 110 valence electrons. The predicted molar refractivity (Wildman–Crippen MR) is 88.1 cm³/mol. The molecule has 0 bridgehead atoms. The number of hydrogen-bond acceptors (Lipinski definition) is 2. The molecule has 0 saturated carbocycles. The second-order valence-electron chi connectivity index (χ2n) is 5.33. The first-order valence-electron chi connectivity index (χ1n) is 6.98. The molecule has 0 saturated heterocycles. The van der Waals surface area contributed by atoms with Crippen LogP contribution >= 0.6 is 11.8 Å². The lowest BCUT2D eigenvalue weighted by Gasteiger charge is -2.16. The average molecular weight is 300 g/mol. The Bertz CT molecular complexity index is 612. The Balaban J connectivity index is 2.20. The second-order valence-corrected chi connectivity index (χ2v) is 6.61. The van der Waals surface area contributed by atoms with Crippen molar-refractivity contribution in [3.63, 3.8) is 0 Å². The normalized spacial score (nSPS) is 12.1. The minimum absolute atomic E-state index is 0.465. The van der Waals surface area contributed by atoms with Crippen molar-refractivity contribution in [1.82, 2.24) is 0 Å². The van der Waals surface area contributed by atoms with Gasteiger partial charge in [-0.2, -0.15) is 0 Å². The molecule has 0 aromatic heterocycles. The van der Waals surface area contributed by atoms with Crippen LogP contribution in [0.1, 0.15) is 22.3 Å². The number of hydrogen-bond donors (Lipinski definition) is 1. The van der Waals surface area contributed by atoms with Gasteiger partial charge in [0.2, 0.25) is 0 Å². The highest BCUT2D eigenvalue weighted by atomic mass is 32.2. The van der Waals surface area contributed by atoms with Gasteiger partial charge in [-0.15, -0.1) is 11.8 Å². The van der Waals surface area contributed by atoms with Gasteiger partial charge in [-0.3, -0.25) is 4.79 Å². The smallest absolute Gasteiger partial charge is 0.317 e. The third-order valence-corrected chi connectivity index (χ3v) is 4.81. The lowest BCUT2D eigenvalue weighted by atomic mass is 9.98. The van der Waals surface area contributed by atoms with Crippen molar-refractivity contribution in [2.45, 2.75) is 37.3 Å². The standard InChI is InChI=1S/C18H20O2S/c1-12-7-9-15(10-8-12)21-17(18(19)20)11-16-13(2)5-4-6-14(16)3/h4-10,17H,11H2,1-3H3,(H,19,20)/t17-/m1/s1. The van der Waals surface area contributed by atoms with E-state index in [1.807, 2.05) is 63.2 Å². The fourth-order valence-corrected chi connectivity index (χ4v) is 3.29. The highest BCUT2D eigenvalue weighted by Crippen LogP contribution is 2.28. The van der Waals surface area contributed by atoms with E-state index >= 15 is 0 Å². The Morgan fingerprint density at radius 3 is 2.14 bits per heavy atom. The summed E-state index contributed by atoms with van der Waals surface area (Å²) >= 11 is 1.42. The molecule has 21 heavy (non-hydrogen) atoms. The van der Waals surface area contributed by atoms with Crippen molar-refractivity contribution in [2.24, 2.45) is 0 Å². The van der Waals surface area contributed by atoms with E-state index in [2.05, 4.69) is 0 Å². The van der Waals surface area contributed by atoms with E-state index in [1.165, 1.54) is 17.3 Å². The molecule has 0 aliphatic heterocycles. The highest BCUT2D eigenvalue weighted by Gasteiger charge is 2.21. The molecule has 2 nitrogen and oxygen atoms in total. The molecule has 2 aromatic rings. The Hall–Kier alpha value is -1.74. The van der Waals surface area contributed by atoms with Gasteiger partial charge >= 0.3 is 5.97 Å². The molecule has 0 heterocycles. The van der Waals surface area contributed by atoms with Gasteiger partial charge in [0, 0.05) is 4.90 Å². The topological polar surface area (TPSA) is 37.3 Å². The highest BCUT2D eigenvalue weighted by molar-refractivity contribution is 8.00. The maximum absolute atomic E-state index is 11.6. The Morgan fingerprint density at radius 1 is 1.05 bits per heavy atom. The lowest BCUT2D eigenvalue weighted by molar-refractivity contribution is -0.136. The van der Waals surface area contributed by atoms with Crippen LogP contribution in [0, 0.1) is 20.8 Å². The third-order valence-electron chi connectivity index (χ3n) is 3.61. The van der Waals surface area contributed by atoms with Crippen molar-refractivity contribution in [1.29, 1.82) is 0 Å². The molecule has 0 amide bonds. The van der Waals surface area contributed by atoms with Gasteiger partial charge in [0.15, 0.2) is 0 Å². The van der Waals surface area contributed by atoms with Gasteiger partial charge in [-0.05, 0) is 56.0 Å². The SMILES string of the molecule is Cc1ccc(S[C@H](Cc2c(C)cccc2C)C(=O)O)cc1. The largest absolute Gasteiger partial charge is 0.480 e. The third kappa shape index (κ3) is 4.11. The molecule has 1 atom stereocenters. The maximum Gasteiger partial charge on any atom is 0.317 e. The van der Waals surface area contributed by atoms with E-state index in [4.69, 9.17) is 0 Å². The molecule has 1 N–H and O–H groups in total. The van der Waals surface area contributed by atoms with Crippen molar-refractivity contribution in [2.75, 3.05) is 0 Å². The molecule has 0 radical (unpaired) electrons. The van der Waals surface area contributed by atoms with Gasteiger partial charge < -0.3 is 5.11 Å². The monoisotopic (exact) mass is 300 g/mol. The zero-order chi connectivity index (χ0) is 15.4. The second kappa shape index (κ2) is 6.81. The number of aryl methyl sites for hydroxylation is 3. The molecule has 2 rings (SSSR count). The van der Waals surface area contributed by atoms with Crippen molar-refractivity contribution < 1.29 is 9.90 Å². The average Bonchev–Trinajstić information content (AvgIpc) is 2.43. The number of carboxylic acids is 1. The summed E-state index contributed by atoms with van der Waals surface area (Å²) in [6, 6.07) is 14.1. The first-order valence-corrected chi connectivity index (χ1v) is 7.86. The minimum atomic E-state index is -0.761. The van der Waals surface area contributed by atoms with Crippen molar-refractivity contribution >= 4 is 17.7 Å². The van der Waals surface area contributed by atoms with E-state index in [0.717, 1.165) is 21.6 Å². The lowest BCUT2D eigenvalue weighted by Crippen LogP contribution is -2.20. The molecule has 3 heteroatoms. The Morgan fingerprint density at radius 2 is 1.62 bits per heavy atom. The summed E-state index contributed by atoms with van der Waals surface area (Å²) in [4.78, 5) is 12.6. The van der Waals surface area contributed by atoms with Gasteiger partial charge in [0.05, 0.1) is 0 Å². The summed E-state index contributed by atoms with van der Waals surface area (Å²) in [6.07, 6.45) is 0.548. The summed E-state index contributed by atoms with van der Waals surface area (Å²) in [5.74, 6) is -0.761. The molecule has 0 unspecified atom stereocenters. The van der Waals surface area contributed by atoms with Gasteiger partial charge in [-0.1, -0.05) is 35.9 Å².